The zero-order chi connectivity index (χ0) is 13.5. The Morgan fingerprint density at radius 2 is 2.37 bits per heavy atom. The van der Waals surface area contributed by atoms with Gasteiger partial charge in [0.1, 0.15) is 5.76 Å². The molecule has 1 aromatic rings. The van der Waals surface area contributed by atoms with Gasteiger partial charge in [0.2, 0.25) is 5.91 Å². The number of hydrogen-bond acceptors (Lipinski definition) is 3. The third kappa shape index (κ3) is 2.46. The predicted molar refractivity (Wildman–Crippen MR) is 73.7 cm³/mol. The van der Waals surface area contributed by atoms with Crippen molar-refractivity contribution in [2.45, 2.75) is 44.8 Å². The molecule has 1 aromatic heterocycles. The summed E-state index contributed by atoms with van der Waals surface area (Å²) in [5.74, 6) is 0.992. The van der Waals surface area contributed by atoms with Gasteiger partial charge in [-0.3, -0.25) is 4.79 Å². The molecule has 0 saturated carbocycles. The van der Waals surface area contributed by atoms with E-state index in [9.17, 15) is 4.79 Å². The molecular weight excluding hydrogens is 310 g/mol. The molecule has 104 valence electrons. The van der Waals surface area contributed by atoms with Crippen molar-refractivity contribution in [2.75, 3.05) is 6.54 Å². The van der Waals surface area contributed by atoms with Crippen LogP contribution < -0.4 is 5.32 Å². The third-order valence-electron chi connectivity index (χ3n) is 4.27. The van der Waals surface area contributed by atoms with Gasteiger partial charge in [-0.1, -0.05) is 0 Å². The number of amides is 1. The van der Waals surface area contributed by atoms with Crippen LogP contribution in [0.1, 0.15) is 31.9 Å². The first-order valence-corrected chi connectivity index (χ1v) is 7.55. The van der Waals surface area contributed by atoms with E-state index in [0.717, 1.165) is 29.7 Å². The molecule has 2 aliphatic heterocycles. The monoisotopic (exact) mass is 327 g/mol. The van der Waals surface area contributed by atoms with Gasteiger partial charge in [-0.25, -0.2) is 0 Å². The van der Waals surface area contributed by atoms with Crippen LogP contribution in [0.25, 0.3) is 0 Å². The fourth-order valence-electron chi connectivity index (χ4n) is 3.16. The van der Waals surface area contributed by atoms with Gasteiger partial charge in [0.25, 0.3) is 0 Å². The van der Waals surface area contributed by atoms with Crippen LogP contribution >= 0.6 is 15.9 Å². The largest absolute Gasteiger partial charge is 0.454 e. The van der Waals surface area contributed by atoms with Crippen molar-refractivity contribution >= 4 is 21.8 Å². The van der Waals surface area contributed by atoms with Gasteiger partial charge in [-0.2, -0.15) is 0 Å². The summed E-state index contributed by atoms with van der Waals surface area (Å²) in [6.07, 6.45) is 4.09. The molecule has 0 aromatic carbocycles. The van der Waals surface area contributed by atoms with E-state index < -0.39 is 0 Å². The summed E-state index contributed by atoms with van der Waals surface area (Å²) in [7, 11) is 0. The zero-order valence-electron chi connectivity index (χ0n) is 10.9. The van der Waals surface area contributed by atoms with E-state index >= 15 is 0 Å². The van der Waals surface area contributed by atoms with Gasteiger partial charge < -0.3 is 14.5 Å². The molecule has 3 rings (SSSR count). The lowest BCUT2D eigenvalue weighted by atomic mass is 9.75. The summed E-state index contributed by atoms with van der Waals surface area (Å²) in [6.45, 7) is 2.63. The second-order valence-corrected chi connectivity index (χ2v) is 6.44. The Balaban J connectivity index is 1.51. The van der Waals surface area contributed by atoms with Gasteiger partial charge >= 0.3 is 0 Å². The maximum atomic E-state index is 12.3. The minimum atomic E-state index is -0.341. The molecule has 3 heterocycles. The summed E-state index contributed by atoms with van der Waals surface area (Å²) in [6, 6.07) is 3.78. The van der Waals surface area contributed by atoms with Crippen molar-refractivity contribution in [1.82, 2.24) is 5.32 Å². The van der Waals surface area contributed by atoms with E-state index in [1.54, 1.807) is 0 Å². The topological polar surface area (TPSA) is 51.5 Å². The number of fused-ring (bicyclic) bond motifs is 2. The molecule has 3 unspecified atom stereocenters. The number of carbonyl (C=O) groups is 1. The molecule has 3 atom stereocenters. The number of carbonyl (C=O) groups excluding carboxylic acids is 1. The fourth-order valence-corrected chi connectivity index (χ4v) is 3.50. The Labute approximate surface area is 121 Å². The van der Waals surface area contributed by atoms with E-state index in [4.69, 9.17) is 9.15 Å². The number of hydrogen-bond donors (Lipinski definition) is 1. The lowest BCUT2D eigenvalue weighted by Gasteiger charge is -2.29. The third-order valence-corrected chi connectivity index (χ3v) is 4.70. The molecule has 0 radical (unpaired) electrons. The van der Waals surface area contributed by atoms with Crippen LogP contribution in [0.2, 0.25) is 0 Å². The van der Waals surface area contributed by atoms with Gasteiger partial charge in [-0.15, -0.1) is 0 Å². The number of ether oxygens (including phenoxy) is 1. The predicted octanol–water partition coefficient (Wildman–Crippen LogP) is 2.66. The molecule has 19 heavy (non-hydrogen) atoms. The zero-order valence-corrected chi connectivity index (χ0v) is 12.5. The first kappa shape index (κ1) is 13.2. The van der Waals surface area contributed by atoms with Crippen molar-refractivity contribution in [1.29, 1.82) is 0 Å². The number of nitrogens with one attached hydrogen (secondary N) is 1. The molecule has 4 nitrogen and oxygen atoms in total. The van der Waals surface area contributed by atoms with Gasteiger partial charge in [0.15, 0.2) is 4.67 Å². The van der Waals surface area contributed by atoms with Crippen molar-refractivity contribution in [3.8, 4) is 0 Å². The van der Waals surface area contributed by atoms with Crippen LogP contribution in [0, 0.1) is 5.41 Å². The molecule has 2 bridgehead atoms. The summed E-state index contributed by atoms with van der Waals surface area (Å²) in [5, 5.41) is 3.01. The van der Waals surface area contributed by atoms with Crippen molar-refractivity contribution < 1.29 is 13.9 Å². The first-order chi connectivity index (χ1) is 9.08. The summed E-state index contributed by atoms with van der Waals surface area (Å²) in [5.41, 5.74) is -0.341. The summed E-state index contributed by atoms with van der Waals surface area (Å²) < 4.78 is 11.9. The van der Waals surface area contributed by atoms with E-state index in [1.165, 1.54) is 0 Å². The summed E-state index contributed by atoms with van der Waals surface area (Å²) in [4.78, 5) is 12.3. The van der Waals surface area contributed by atoms with Crippen molar-refractivity contribution in [2.24, 2.45) is 5.41 Å². The quantitative estimate of drug-likeness (QED) is 0.924. The van der Waals surface area contributed by atoms with Crippen molar-refractivity contribution in [3.63, 3.8) is 0 Å². The van der Waals surface area contributed by atoms with Crippen LogP contribution in [-0.4, -0.2) is 24.7 Å². The molecule has 5 heteroatoms. The second kappa shape index (κ2) is 4.94. The van der Waals surface area contributed by atoms with Crippen LogP contribution in [0.15, 0.2) is 21.2 Å². The lowest BCUT2D eigenvalue weighted by Crippen LogP contribution is -2.45. The van der Waals surface area contributed by atoms with Gasteiger partial charge in [0.05, 0.1) is 17.6 Å². The number of halogens is 1. The van der Waals surface area contributed by atoms with E-state index in [2.05, 4.69) is 21.2 Å². The standard InChI is InChI=1S/C14H18BrNO3/c1-14(8-10-2-4-11(14)18-10)13(17)16-7-6-9-3-5-12(15)19-9/h3,5,10-11H,2,4,6-8H2,1H3,(H,16,17). The Hall–Kier alpha value is -0.810. The average Bonchev–Trinajstić information content (AvgIpc) is 3.05. The van der Waals surface area contributed by atoms with Gasteiger partial charge in [0, 0.05) is 13.0 Å². The number of rotatable bonds is 4. The average molecular weight is 328 g/mol. The molecule has 1 amide bonds. The lowest BCUT2D eigenvalue weighted by molar-refractivity contribution is -0.132. The van der Waals surface area contributed by atoms with Crippen LogP contribution in [0.3, 0.4) is 0 Å². The molecule has 2 saturated heterocycles. The maximum Gasteiger partial charge on any atom is 0.228 e. The van der Waals surface area contributed by atoms with E-state index in [-0.39, 0.29) is 17.4 Å². The normalized spacial score (nSPS) is 32.7. The van der Waals surface area contributed by atoms with Gasteiger partial charge in [-0.05, 0) is 54.2 Å². The molecule has 2 aliphatic rings. The highest BCUT2D eigenvalue weighted by Crippen LogP contribution is 2.47. The Kier molecular flexibility index (Phi) is 3.43. The first-order valence-electron chi connectivity index (χ1n) is 6.76. The highest BCUT2D eigenvalue weighted by atomic mass is 79.9. The molecular formula is C14H18BrNO3. The maximum absolute atomic E-state index is 12.3. The highest BCUT2D eigenvalue weighted by molar-refractivity contribution is 9.10. The molecule has 2 fully saturated rings. The molecule has 0 spiro atoms. The summed E-state index contributed by atoms with van der Waals surface area (Å²) >= 11 is 3.27. The Bertz CT molecular complexity index is 487. The Morgan fingerprint density at radius 3 is 2.95 bits per heavy atom. The van der Waals surface area contributed by atoms with E-state index in [0.29, 0.717) is 19.1 Å². The van der Waals surface area contributed by atoms with Crippen LogP contribution in [0.4, 0.5) is 0 Å². The molecule has 1 N–H and O–H groups in total. The molecule has 0 aliphatic carbocycles. The van der Waals surface area contributed by atoms with Crippen LogP contribution in [0.5, 0.6) is 0 Å². The highest BCUT2D eigenvalue weighted by Gasteiger charge is 2.53. The Morgan fingerprint density at radius 1 is 1.53 bits per heavy atom. The van der Waals surface area contributed by atoms with Crippen LogP contribution in [-0.2, 0) is 16.0 Å². The van der Waals surface area contributed by atoms with E-state index in [1.807, 2.05) is 19.1 Å². The fraction of sp³-hybridized carbons (Fsp3) is 0.643. The minimum absolute atomic E-state index is 0.107. The van der Waals surface area contributed by atoms with Crippen molar-refractivity contribution in [3.05, 3.63) is 22.6 Å². The second-order valence-electron chi connectivity index (χ2n) is 5.66. The SMILES string of the molecule is CC1(C(=O)NCCc2ccc(Br)o2)CC2CCC1O2. The minimum Gasteiger partial charge on any atom is -0.454 e. The smallest absolute Gasteiger partial charge is 0.228 e. The number of furan rings is 1.